The van der Waals surface area contributed by atoms with Crippen molar-refractivity contribution in [3.8, 4) is 11.5 Å². The summed E-state index contributed by atoms with van der Waals surface area (Å²) in [7, 11) is -2.38. The quantitative estimate of drug-likeness (QED) is 0.603. The van der Waals surface area contributed by atoms with Gasteiger partial charge in [0.25, 0.3) is 0 Å². The van der Waals surface area contributed by atoms with Crippen molar-refractivity contribution in [1.29, 1.82) is 0 Å². The number of benzene rings is 2. The summed E-state index contributed by atoms with van der Waals surface area (Å²) in [5.41, 5.74) is 1.61. The molecule has 0 fully saturated rings. The largest absolute Gasteiger partial charge is 0.493 e. The number of rotatable bonds is 10. The third-order valence-electron chi connectivity index (χ3n) is 4.07. The first-order valence-electron chi connectivity index (χ1n) is 8.69. The Hall–Kier alpha value is -2.72. The van der Waals surface area contributed by atoms with E-state index >= 15 is 0 Å². The third kappa shape index (κ3) is 7.31. The van der Waals surface area contributed by atoms with Gasteiger partial charge in [-0.3, -0.25) is 4.79 Å². The molecule has 0 aliphatic carbocycles. The number of aryl methyl sites for hydroxylation is 1. The molecular weight excluding hydrogens is 406 g/mol. The van der Waals surface area contributed by atoms with Gasteiger partial charge in [0.2, 0.25) is 15.9 Å². The molecule has 10 heteroatoms. The Kier molecular flexibility index (Phi) is 7.91. The van der Waals surface area contributed by atoms with Crippen LogP contribution in [0.2, 0.25) is 0 Å². The van der Waals surface area contributed by atoms with Gasteiger partial charge in [-0.1, -0.05) is 18.2 Å². The van der Waals surface area contributed by atoms with E-state index in [9.17, 15) is 22.0 Å². The first-order valence-corrected chi connectivity index (χ1v) is 10.2. The fourth-order valence-corrected chi connectivity index (χ4v) is 3.11. The van der Waals surface area contributed by atoms with Crippen LogP contribution in [-0.4, -0.2) is 34.6 Å². The van der Waals surface area contributed by atoms with Gasteiger partial charge in [0, 0.05) is 13.0 Å². The molecule has 0 saturated carbocycles. The van der Waals surface area contributed by atoms with Crippen LogP contribution in [0, 0.1) is 0 Å². The highest BCUT2D eigenvalue weighted by molar-refractivity contribution is 7.89. The van der Waals surface area contributed by atoms with Crippen LogP contribution in [0.15, 0.2) is 47.4 Å². The van der Waals surface area contributed by atoms with Crippen molar-refractivity contribution >= 4 is 15.9 Å². The van der Waals surface area contributed by atoms with Crippen molar-refractivity contribution < 1.29 is 31.5 Å². The molecule has 0 aliphatic rings. The van der Waals surface area contributed by atoms with Crippen LogP contribution in [-0.2, 0) is 27.7 Å². The second-order valence-corrected chi connectivity index (χ2v) is 7.71. The van der Waals surface area contributed by atoms with Gasteiger partial charge in [-0.2, -0.15) is 8.78 Å². The van der Waals surface area contributed by atoms with E-state index in [1.807, 2.05) is 0 Å². The van der Waals surface area contributed by atoms with Crippen molar-refractivity contribution in [1.82, 2.24) is 5.32 Å². The molecule has 3 N–H and O–H groups in total. The predicted octanol–water partition coefficient (Wildman–Crippen LogP) is 2.24. The zero-order chi connectivity index (χ0) is 21.4. The van der Waals surface area contributed by atoms with Crippen LogP contribution in [0.3, 0.4) is 0 Å². The Morgan fingerprint density at radius 2 is 1.72 bits per heavy atom. The van der Waals surface area contributed by atoms with Crippen LogP contribution in [0.5, 0.6) is 11.5 Å². The van der Waals surface area contributed by atoms with Crippen molar-refractivity contribution in [2.75, 3.05) is 13.7 Å². The number of nitrogens with one attached hydrogen (secondary N) is 1. The van der Waals surface area contributed by atoms with Crippen LogP contribution in [0.1, 0.15) is 17.5 Å². The lowest BCUT2D eigenvalue weighted by Crippen LogP contribution is -2.25. The third-order valence-corrected chi connectivity index (χ3v) is 5.00. The number of hydrogen-bond acceptors (Lipinski definition) is 5. The Balaban J connectivity index is 1.79. The van der Waals surface area contributed by atoms with E-state index in [0.29, 0.717) is 19.4 Å². The monoisotopic (exact) mass is 428 g/mol. The molecule has 2 aromatic rings. The number of alkyl halides is 2. The molecule has 0 heterocycles. The molecule has 0 unspecified atom stereocenters. The molecular formula is C19H22F2N2O5S. The molecule has 0 aliphatic heterocycles. The van der Waals surface area contributed by atoms with Crippen LogP contribution in [0.25, 0.3) is 0 Å². The number of carbonyl (C=O) groups is 1. The fourth-order valence-electron chi connectivity index (χ4n) is 2.60. The minimum atomic E-state index is -3.74. The van der Waals surface area contributed by atoms with Crippen LogP contribution in [0.4, 0.5) is 8.78 Å². The summed E-state index contributed by atoms with van der Waals surface area (Å²) < 4.78 is 56.5. The molecule has 2 rings (SSSR count). The first kappa shape index (κ1) is 22.6. The van der Waals surface area contributed by atoms with Gasteiger partial charge in [-0.05, 0) is 48.2 Å². The molecule has 0 aromatic heterocycles. The van der Waals surface area contributed by atoms with E-state index in [1.165, 1.54) is 25.3 Å². The molecule has 0 saturated heterocycles. The van der Waals surface area contributed by atoms with Gasteiger partial charge in [0.1, 0.15) is 0 Å². The summed E-state index contributed by atoms with van der Waals surface area (Å²) >= 11 is 0. The van der Waals surface area contributed by atoms with E-state index in [2.05, 4.69) is 10.1 Å². The number of sulfonamides is 1. The standard InChI is InChI=1S/C19H22F2N2O5S/c1-27-17-12-14(4-8-16(17)28-19(20)21)10-11-23-18(24)9-5-13-2-6-15(7-3-13)29(22,25)26/h2-4,6-8,12,19H,5,9-11H2,1H3,(H,23,24)(H2,22,25,26). The van der Waals surface area contributed by atoms with E-state index in [-0.39, 0.29) is 28.7 Å². The molecule has 1 amide bonds. The van der Waals surface area contributed by atoms with E-state index in [0.717, 1.165) is 11.1 Å². The summed E-state index contributed by atoms with van der Waals surface area (Å²) in [6.07, 6.45) is 1.17. The summed E-state index contributed by atoms with van der Waals surface area (Å²) in [5.74, 6) is -0.0223. The molecule has 7 nitrogen and oxygen atoms in total. The van der Waals surface area contributed by atoms with Gasteiger partial charge in [0.05, 0.1) is 12.0 Å². The Labute approximate surface area is 167 Å². The zero-order valence-corrected chi connectivity index (χ0v) is 16.5. The highest BCUT2D eigenvalue weighted by atomic mass is 32.2. The van der Waals surface area contributed by atoms with Crippen LogP contribution >= 0.6 is 0 Å². The Bertz CT molecular complexity index is 934. The molecule has 0 radical (unpaired) electrons. The lowest BCUT2D eigenvalue weighted by Gasteiger charge is -2.11. The second kappa shape index (κ2) is 10.2. The Morgan fingerprint density at radius 3 is 2.31 bits per heavy atom. The molecule has 0 atom stereocenters. The number of hydrogen-bond donors (Lipinski definition) is 2. The highest BCUT2D eigenvalue weighted by Gasteiger charge is 2.11. The SMILES string of the molecule is COc1cc(CCNC(=O)CCc2ccc(S(N)(=O)=O)cc2)ccc1OC(F)F. The van der Waals surface area contributed by atoms with Gasteiger partial charge >= 0.3 is 6.61 Å². The topological polar surface area (TPSA) is 108 Å². The van der Waals surface area contributed by atoms with Crippen molar-refractivity contribution in [3.05, 3.63) is 53.6 Å². The summed E-state index contributed by atoms with van der Waals surface area (Å²) in [4.78, 5) is 12.0. The molecule has 0 spiro atoms. The normalized spacial score (nSPS) is 11.3. The second-order valence-electron chi connectivity index (χ2n) is 6.15. The summed E-state index contributed by atoms with van der Waals surface area (Å²) in [5, 5.41) is 7.81. The summed E-state index contributed by atoms with van der Waals surface area (Å²) in [6, 6.07) is 10.6. The molecule has 158 valence electrons. The number of halogens is 2. The molecule has 29 heavy (non-hydrogen) atoms. The van der Waals surface area contributed by atoms with Crippen LogP contribution < -0.4 is 19.9 Å². The van der Waals surface area contributed by atoms with Gasteiger partial charge < -0.3 is 14.8 Å². The van der Waals surface area contributed by atoms with Crippen molar-refractivity contribution in [2.24, 2.45) is 5.14 Å². The lowest BCUT2D eigenvalue weighted by atomic mass is 10.1. The van der Waals surface area contributed by atoms with E-state index in [4.69, 9.17) is 9.88 Å². The van der Waals surface area contributed by atoms with Crippen molar-refractivity contribution in [3.63, 3.8) is 0 Å². The maximum Gasteiger partial charge on any atom is 0.387 e. The zero-order valence-electron chi connectivity index (χ0n) is 15.7. The highest BCUT2D eigenvalue weighted by Crippen LogP contribution is 2.29. The number of ether oxygens (including phenoxy) is 2. The van der Waals surface area contributed by atoms with Gasteiger partial charge in [-0.25, -0.2) is 13.6 Å². The smallest absolute Gasteiger partial charge is 0.387 e. The lowest BCUT2D eigenvalue weighted by molar-refractivity contribution is -0.121. The average molecular weight is 428 g/mol. The van der Waals surface area contributed by atoms with E-state index < -0.39 is 16.6 Å². The van der Waals surface area contributed by atoms with Gasteiger partial charge in [-0.15, -0.1) is 0 Å². The Morgan fingerprint density at radius 1 is 1.07 bits per heavy atom. The average Bonchev–Trinajstić information content (AvgIpc) is 2.66. The molecule has 0 bridgehead atoms. The predicted molar refractivity (Wildman–Crippen MR) is 102 cm³/mol. The summed E-state index contributed by atoms with van der Waals surface area (Å²) in [6.45, 7) is -2.58. The number of amides is 1. The number of nitrogens with two attached hydrogens (primary N) is 1. The fraction of sp³-hybridized carbons (Fsp3) is 0.316. The first-order chi connectivity index (χ1) is 13.7. The maximum atomic E-state index is 12.3. The molecule has 2 aromatic carbocycles. The minimum absolute atomic E-state index is 0.0195. The van der Waals surface area contributed by atoms with Gasteiger partial charge in [0.15, 0.2) is 11.5 Å². The van der Waals surface area contributed by atoms with Crippen molar-refractivity contribution in [2.45, 2.75) is 30.8 Å². The number of primary sulfonamides is 1. The maximum absolute atomic E-state index is 12.3. The number of methoxy groups -OCH3 is 1. The van der Waals surface area contributed by atoms with E-state index in [1.54, 1.807) is 24.3 Å². The minimum Gasteiger partial charge on any atom is -0.493 e. The number of carbonyl (C=O) groups excluding carboxylic acids is 1.